The highest BCUT2D eigenvalue weighted by Crippen LogP contribution is 2.50. The van der Waals surface area contributed by atoms with Gasteiger partial charge in [0.15, 0.2) is 0 Å². The van der Waals surface area contributed by atoms with E-state index in [4.69, 9.17) is 0 Å². The van der Waals surface area contributed by atoms with Crippen LogP contribution >= 0.6 is 0 Å². The first kappa shape index (κ1) is 17.0. The number of amides is 1. The fourth-order valence-electron chi connectivity index (χ4n) is 4.01. The van der Waals surface area contributed by atoms with Crippen molar-refractivity contribution in [3.8, 4) is 0 Å². The highest BCUT2D eigenvalue weighted by Gasteiger charge is 2.53. The number of anilines is 1. The van der Waals surface area contributed by atoms with Crippen LogP contribution in [0.3, 0.4) is 0 Å². The molecule has 0 bridgehead atoms. The quantitative estimate of drug-likeness (QED) is 0.773. The summed E-state index contributed by atoms with van der Waals surface area (Å²) in [4.78, 5) is 26.6. The highest BCUT2D eigenvalue weighted by molar-refractivity contribution is 6.14. The van der Waals surface area contributed by atoms with Gasteiger partial charge in [-0.25, -0.2) is 0 Å². The standard InChI is InChI=1S/C23H19NO3/c1-16-12-13-20-19(14-16)23(17-8-4-2-5-9-17,18-10-6-3-7-11-18)22(27)24(20)15-21(25)26/h2-14H,15H2,1H3,(H,25,26). The maximum absolute atomic E-state index is 13.8. The number of aliphatic carboxylic acids is 1. The molecule has 1 heterocycles. The van der Waals surface area contributed by atoms with Crippen molar-refractivity contribution in [2.24, 2.45) is 0 Å². The second-order valence-electron chi connectivity index (χ2n) is 6.79. The molecule has 4 rings (SSSR count). The van der Waals surface area contributed by atoms with Crippen LogP contribution in [0.5, 0.6) is 0 Å². The van der Waals surface area contributed by atoms with Gasteiger partial charge in [0.05, 0.1) is 0 Å². The molecule has 3 aromatic rings. The van der Waals surface area contributed by atoms with E-state index in [1.54, 1.807) is 0 Å². The maximum Gasteiger partial charge on any atom is 0.323 e. The first-order valence-corrected chi connectivity index (χ1v) is 8.81. The molecule has 0 radical (unpaired) electrons. The molecule has 0 saturated heterocycles. The molecule has 0 atom stereocenters. The van der Waals surface area contributed by atoms with Gasteiger partial charge in [-0.05, 0) is 24.1 Å². The van der Waals surface area contributed by atoms with E-state index in [-0.39, 0.29) is 12.5 Å². The van der Waals surface area contributed by atoms with Gasteiger partial charge in [-0.3, -0.25) is 14.5 Å². The number of rotatable bonds is 4. The number of carbonyl (C=O) groups excluding carboxylic acids is 1. The van der Waals surface area contributed by atoms with Gasteiger partial charge in [-0.1, -0.05) is 78.4 Å². The summed E-state index contributed by atoms with van der Waals surface area (Å²) in [6, 6.07) is 24.9. The van der Waals surface area contributed by atoms with Crippen molar-refractivity contribution in [1.82, 2.24) is 0 Å². The largest absolute Gasteiger partial charge is 0.480 e. The average Bonchev–Trinajstić information content (AvgIpc) is 2.91. The van der Waals surface area contributed by atoms with E-state index >= 15 is 0 Å². The molecule has 134 valence electrons. The van der Waals surface area contributed by atoms with Crippen molar-refractivity contribution in [3.05, 3.63) is 101 Å². The molecule has 0 aromatic heterocycles. The van der Waals surface area contributed by atoms with Crippen LogP contribution < -0.4 is 4.90 Å². The van der Waals surface area contributed by atoms with E-state index in [0.29, 0.717) is 5.69 Å². The Bertz CT molecular complexity index is 973. The SMILES string of the molecule is Cc1ccc2c(c1)C(c1ccccc1)(c1ccccc1)C(=O)N2CC(=O)O. The summed E-state index contributed by atoms with van der Waals surface area (Å²) < 4.78 is 0. The molecule has 1 N–H and O–H groups in total. The Morgan fingerprint density at radius 1 is 0.926 bits per heavy atom. The van der Waals surface area contributed by atoms with Gasteiger partial charge in [0.25, 0.3) is 0 Å². The topological polar surface area (TPSA) is 57.6 Å². The lowest BCUT2D eigenvalue weighted by Crippen LogP contribution is -2.44. The van der Waals surface area contributed by atoms with Crippen molar-refractivity contribution >= 4 is 17.6 Å². The maximum atomic E-state index is 13.8. The number of carboxylic acid groups (broad SMARTS) is 1. The molecular weight excluding hydrogens is 338 g/mol. The average molecular weight is 357 g/mol. The molecule has 3 aromatic carbocycles. The summed E-state index contributed by atoms with van der Waals surface area (Å²) in [7, 11) is 0. The van der Waals surface area contributed by atoms with Crippen LogP contribution in [0.4, 0.5) is 5.69 Å². The molecule has 0 aliphatic carbocycles. The van der Waals surface area contributed by atoms with E-state index in [1.807, 2.05) is 85.8 Å². The third-order valence-corrected chi connectivity index (χ3v) is 5.12. The molecule has 1 aliphatic rings. The van der Waals surface area contributed by atoms with E-state index in [2.05, 4.69) is 0 Å². The molecule has 1 aliphatic heterocycles. The zero-order valence-electron chi connectivity index (χ0n) is 14.9. The first-order chi connectivity index (χ1) is 13.0. The third kappa shape index (κ3) is 2.53. The lowest BCUT2D eigenvalue weighted by molar-refractivity contribution is -0.136. The highest BCUT2D eigenvalue weighted by atomic mass is 16.4. The molecule has 4 heteroatoms. The Labute approximate surface area is 157 Å². The van der Waals surface area contributed by atoms with Crippen LogP contribution in [0.15, 0.2) is 78.9 Å². The molecule has 27 heavy (non-hydrogen) atoms. The molecule has 0 saturated carbocycles. The van der Waals surface area contributed by atoms with Crippen LogP contribution in [0.1, 0.15) is 22.3 Å². The Morgan fingerprint density at radius 3 is 2.00 bits per heavy atom. The van der Waals surface area contributed by atoms with Crippen molar-refractivity contribution in [1.29, 1.82) is 0 Å². The number of carbonyl (C=O) groups is 2. The number of hydrogen-bond acceptors (Lipinski definition) is 2. The minimum Gasteiger partial charge on any atom is -0.480 e. The first-order valence-electron chi connectivity index (χ1n) is 8.81. The predicted molar refractivity (Wildman–Crippen MR) is 104 cm³/mol. The number of fused-ring (bicyclic) bond motifs is 1. The van der Waals surface area contributed by atoms with Crippen LogP contribution in [0, 0.1) is 6.92 Å². The van der Waals surface area contributed by atoms with Crippen LogP contribution in [-0.2, 0) is 15.0 Å². The van der Waals surface area contributed by atoms with Gasteiger partial charge in [-0.15, -0.1) is 0 Å². The predicted octanol–water partition coefficient (Wildman–Crippen LogP) is 3.76. The summed E-state index contributed by atoms with van der Waals surface area (Å²) in [6.45, 7) is 1.61. The Morgan fingerprint density at radius 2 is 1.48 bits per heavy atom. The lowest BCUT2D eigenvalue weighted by Gasteiger charge is -2.30. The van der Waals surface area contributed by atoms with Crippen LogP contribution in [-0.4, -0.2) is 23.5 Å². The monoisotopic (exact) mass is 357 g/mol. The molecule has 4 nitrogen and oxygen atoms in total. The minimum atomic E-state index is -1.06. The number of carboxylic acids is 1. The number of benzene rings is 3. The Hall–Kier alpha value is -3.40. The Kier molecular flexibility index (Phi) is 4.04. The van der Waals surface area contributed by atoms with Gasteiger partial charge < -0.3 is 5.11 Å². The summed E-state index contributed by atoms with van der Waals surface area (Å²) in [5.74, 6) is -1.27. The van der Waals surface area contributed by atoms with Crippen molar-refractivity contribution in [2.75, 3.05) is 11.4 Å². The summed E-state index contributed by atoms with van der Waals surface area (Å²) in [6.07, 6.45) is 0. The fourth-order valence-corrected chi connectivity index (χ4v) is 4.01. The minimum absolute atomic E-state index is 0.233. The van der Waals surface area contributed by atoms with E-state index in [1.165, 1.54) is 4.90 Å². The fraction of sp³-hybridized carbons (Fsp3) is 0.130. The smallest absolute Gasteiger partial charge is 0.323 e. The zero-order chi connectivity index (χ0) is 19.0. The van der Waals surface area contributed by atoms with Crippen molar-refractivity contribution in [2.45, 2.75) is 12.3 Å². The molecule has 0 unspecified atom stereocenters. The second-order valence-corrected chi connectivity index (χ2v) is 6.79. The lowest BCUT2D eigenvalue weighted by atomic mass is 9.70. The van der Waals surface area contributed by atoms with Gasteiger partial charge in [-0.2, -0.15) is 0 Å². The van der Waals surface area contributed by atoms with Crippen molar-refractivity contribution < 1.29 is 14.7 Å². The molecule has 1 amide bonds. The zero-order valence-corrected chi connectivity index (χ0v) is 14.9. The number of aryl methyl sites for hydroxylation is 1. The summed E-state index contributed by atoms with van der Waals surface area (Å²) in [5.41, 5.74) is 3.11. The molecule has 0 spiro atoms. The van der Waals surface area contributed by atoms with Gasteiger partial charge >= 0.3 is 5.97 Å². The van der Waals surface area contributed by atoms with Crippen LogP contribution in [0.25, 0.3) is 0 Å². The van der Waals surface area contributed by atoms with Gasteiger partial charge in [0, 0.05) is 11.3 Å². The number of hydrogen-bond donors (Lipinski definition) is 1. The van der Waals surface area contributed by atoms with Crippen molar-refractivity contribution in [3.63, 3.8) is 0 Å². The van der Waals surface area contributed by atoms with E-state index in [0.717, 1.165) is 22.3 Å². The molecular formula is C23H19NO3. The number of nitrogens with zero attached hydrogens (tertiary/aromatic N) is 1. The Balaban J connectivity index is 2.09. The third-order valence-electron chi connectivity index (χ3n) is 5.12. The van der Waals surface area contributed by atoms with Gasteiger partial charge in [0.1, 0.15) is 12.0 Å². The summed E-state index contributed by atoms with van der Waals surface area (Å²) >= 11 is 0. The van der Waals surface area contributed by atoms with E-state index in [9.17, 15) is 14.7 Å². The van der Waals surface area contributed by atoms with Crippen LogP contribution in [0.2, 0.25) is 0 Å². The second kappa shape index (κ2) is 6.40. The summed E-state index contributed by atoms with van der Waals surface area (Å²) in [5, 5.41) is 9.39. The van der Waals surface area contributed by atoms with Gasteiger partial charge in [0.2, 0.25) is 5.91 Å². The normalized spacial score (nSPS) is 14.9. The molecule has 0 fully saturated rings. The van der Waals surface area contributed by atoms with E-state index < -0.39 is 11.4 Å².